The van der Waals surface area contributed by atoms with Crippen LogP contribution < -0.4 is 0 Å². The maximum atomic E-state index is 11.3. The molecule has 0 radical (unpaired) electrons. The van der Waals surface area contributed by atoms with Crippen LogP contribution in [0.4, 0.5) is 0 Å². The minimum Gasteiger partial charge on any atom is -0.465 e. The van der Waals surface area contributed by atoms with E-state index < -0.39 is 22.0 Å². The topological polar surface area (TPSA) is 60.4 Å². The minimum absolute atomic E-state index is 0.00345. The number of ether oxygens (including phenoxy) is 1. The van der Waals surface area contributed by atoms with Crippen molar-refractivity contribution in [1.29, 1.82) is 0 Å². The van der Waals surface area contributed by atoms with Gasteiger partial charge in [0, 0.05) is 17.2 Å². The molecule has 74 valence electrons. The summed E-state index contributed by atoms with van der Waals surface area (Å²) in [5, 5.41) is -0.586. The number of hydrogen-bond donors (Lipinski definition) is 0. The number of hydrogen-bond acceptors (Lipinski definition) is 4. The van der Waals surface area contributed by atoms with Crippen molar-refractivity contribution >= 4 is 22.6 Å². The van der Waals surface area contributed by atoms with Gasteiger partial charge in [-0.05, 0) is 13.3 Å². The van der Waals surface area contributed by atoms with Crippen molar-refractivity contribution in [3.63, 3.8) is 0 Å². The van der Waals surface area contributed by atoms with Gasteiger partial charge in [-0.3, -0.25) is 13.8 Å². The van der Waals surface area contributed by atoms with Crippen molar-refractivity contribution in [3.05, 3.63) is 0 Å². The quantitative estimate of drug-likeness (QED) is 0.595. The second-order valence-corrected chi connectivity index (χ2v) is 4.46. The van der Waals surface area contributed by atoms with E-state index in [4.69, 9.17) is 4.74 Å². The molecule has 0 spiro atoms. The molecule has 0 N–H and O–H groups in total. The summed E-state index contributed by atoms with van der Waals surface area (Å²) >= 11 is 0. The Morgan fingerprint density at radius 1 is 1.69 bits per heavy atom. The molecule has 1 saturated heterocycles. The highest BCUT2D eigenvalue weighted by atomic mass is 32.2. The highest BCUT2D eigenvalue weighted by molar-refractivity contribution is 7.87. The molecule has 1 fully saturated rings. The zero-order valence-electron chi connectivity index (χ0n) is 7.45. The normalized spacial score (nSPS) is 28.5. The predicted molar refractivity (Wildman–Crippen MR) is 47.7 cm³/mol. The second kappa shape index (κ2) is 4.50. The van der Waals surface area contributed by atoms with Gasteiger partial charge >= 0.3 is 5.97 Å². The van der Waals surface area contributed by atoms with Crippen molar-refractivity contribution in [2.24, 2.45) is 0 Å². The monoisotopic (exact) mass is 204 g/mol. The molecule has 2 atom stereocenters. The van der Waals surface area contributed by atoms with Crippen LogP contribution in [-0.2, 0) is 25.1 Å². The Labute approximate surface area is 79.1 Å². The molecule has 0 aromatic heterocycles. The first-order chi connectivity index (χ1) is 6.15. The van der Waals surface area contributed by atoms with Crippen LogP contribution >= 0.6 is 0 Å². The highest BCUT2D eigenvalue weighted by Gasteiger charge is 2.32. The van der Waals surface area contributed by atoms with Gasteiger partial charge in [0.15, 0.2) is 0 Å². The van der Waals surface area contributed by atoms with Gasteiger partial charge in [0.2, 0.25) is 0 Å². The summed E-state index contributed by atoms with van der Waals surface area (Å²) in [6.07, 6.45) is 0.708. The first-order valence-electron chi connectivity index (χ1n) is 4.20. The van der Waals surface area contributed by atoms with Crippen molar-refractivity contribution in [3.8, 4) is 0 Å². The van der Waals surface area contributed by atoms with Crippen LogP contribution in [-0.4, -0.2) is 33.6 Å². The summed E-state index contributed by atoms with van der Waals surface area (Å²) in [7, 11) is -1.36. The summed E-state index contributed by atoms with van der Waals surface area (Å²) in [5.41, 5.74) is 0. The minimum atomic E-state index is -1.36. The fraction of sp³-hybridized carbons (Fsp3) is 0.750. The number of rotatable bonds is 2. The molecule has 5 heteroatoms. The molecule has 0 bridgehead atoms. The van der Waals surface area contributed by atoms with Crippen molar-refractivity contribution in [2.75, 3.05) is 12.4 Å². The number of carbonyl (C=O) groups excluding carboxylic acids is 2. The Bertz CT molecular complexity index is 249. The van der Waals surface area contributed by atoms with Crippen molar-refractivity contribution < 1.29 is 18.5 Å². The first-order valence-corrected chi connectivity index (χ1v) is 5.59. The predicted octanol–water partition coefficient (Wildman–Crippen LogP) is 0.0297. The summed E-state index contributed by atoms with van der Waals surface area (Å²) in [6, 6.07) is 0. The second-order valence-electron chi connectivity index (χ2n) is 2.84. The van der Waals surface area contributed by atoms with Crippen molar-refractivity contribution in [1.82, 2.24) is 0 Å². The lowest BCUT2D eigenvalue weighted by Crippen LogP contribution is -2.36. The van der Waals surface area contributed by atoms with Crippen LogP contribution in [0.5, 0.6) is 0 Å². The lowest BCUT2D eigenvalue weighted by atomic mass is 10.2. The van der Waals surface area contributed by atoms with Gasteiger partial charge < -0.3 is 4.74 Å². The summed E-state index contributed by atoms with van der Waals surface area (Å²) in [4.78, 5) is 22.0. The van der Waals surface area contributed by atoms with E-state index in [0.717, 1.165) is 0 Å². The fourth-order valence-electron chi connectivity index (χ4n) is 1.22. The molecule has 4 nitrogen and oxygen atoms in total. The molecule has 1 heterocycles. The molecule has 0 saturated carbocycles. The van der Waals surface area contributed by atoms with Gasteiger partial charge in [0.05, 0.1) is 12.4 Å². The van der Waals surface area contributed by atoms with Gasteiger partial charge in [0.1, 0.15) is 11.0 Å². The third-order valence-electron chi connectivity index (χ3n) is 1.86. The van der Waals surface area contributed by atoms with Crippen LogP contribution in [0, 0.1) is 0 Å². The van der Waals surface area contributed by atoms with E-state index in [1.54, 1.807) is 6.92 Å². The standard InChI is InChI=1S/C8H12O4S/c1-2-12-8(10)7-4-3-6(9)5-13(7)11/h7H,2-5H2,1H3/t7-,13+/m0/s1. The Kier molecular flexibility index (Phi) is 3.59. The lowest BCUT2D eigenvalue weighted by molar-refractivity contribution is -0.142. The molecule has 1 rings (SSSR count). The molecule has 0 aromatic carbocycles. The van der Waals surface area contributed by atoms with E-state index in [9.17, 15) is 13.8 Å². The molecule has 1 aliphatic heterocycles. The largest absolute Gasteiger partial charge is 0.465 e. The SMILES string of the molecule is CCOC(=O)[C@@H]1CCC(=O)C[S@]1=O. The molecule has 0 amide bonds. The van der Waals surface area contributed by atoms with Gasteiger partial charge in [-0.25, -0.2) is 0 Å². The zero-order chi connectivity index (χ0) is 9.84. The molecule has 13 heavy (non-hydrogen) atoms. The number of Topliss-reactive ketones (excluding diaryl/α,β-unsaturated/α-hetero) is 1. The van der Waals surface area contributed by atoms with Crippen LogP contribution in [0.1, 0.15) is 19.8 Å². The van der Waals surface area contributed by atoms with Crippen LogP contribution in [0.3, 0.4) is 0 Å². The van der Waals surface area contributed by atoms with E-state index in [-0.39, 0.29) is 11.5 Å². The molecule has 1 aliphatic rings. The smallest absolute Gasteiger partial charge is 0.321 e. The Morgan fingerprint density at radius 2 is 2.38 bits per heavy atom. The van der Waals surface area contributed by atoms with Gasteiger partial charge in [-0.15, -0.1) is 0 Å². The van der Waals surface area contributed by atoms with Crippen LogP contribution in [0.2, 0.25) is 0 Å². The average Bonchev–Trinajstić information content (AvgIpc) is 2.04. The van der Waals surface area contributed by atoms with Gasteiger partial charge in [-0.1, -0.05) is 0 Å². The van der Waals surface area contributed by atoms with E-state index in [0.29, 0.717) is 19.4 Å². The summed E-state index contributed by atoms with van der Waals surface area (Å²) < 4.78 is 16.1. The van der Waals surface area contributed by atoms with Gasteiger partial charge in [-0.2, -0.15) is 0 Å². The molecule has 0 aromatic rings. The van der Waals surface area contributed by atoms with Crippen molar-refractivity contribution in [2.45, 2.75) is 25.0 Å². The zero-order valence-corrected chi connectivity index (χ0v) is 8.26. The number of esters is 1. The third kappa shape index (κ3) is 2.62. The summed E-state index contributed by atoms with van der Waals surface area (Å²) in [5.74, 6) is -0.462. The van der Waals surface area contributed by atoms with E-state index in [2.05, 4.69) is 0 Å². The third-order valence-corrected chi connectivity index (χ3v) is 3.52. The van der Waals surface area contributed by atoms with E-state index in [1.165, 1.54) is 0 Å². The Hall–Kier alpha value is -0.710. The highest BCUT2D eigenvalue weighted by Crippen LogP contribution is 2.15. The fourth-order valence-corrected chi connectivity index (χ4v) is 2.54. The average molecular weight is 204 g/mol. The lowest BCUT2D eigenvalue weighted by Gasteiger charge is -2.18. The molecular formula is C8H12O4S. The number of ketones is 1. The first kappa shape index (κ1) is 10.4. The van der Waals surface area contributed by atoms with Crippen LogP contribution in [0.25, 0.3) is 0 Å². The number of carbonyl (C=O) groups is 2. The Morgan fingerprint density at radius 3 is 2.92 bits per heavy atom. The summed E-state index contributed by atoms with van der Waals surface area (Å²) in [6.45, 7) is 2.00. The van der Waals surface area contributed by atoms with E-state index >= 15 is 0 Å². The molecule has 0 aliphatic carbocycles. The maximum absolute atomic E-state index is 11.3. The Balaban J connectivity index is 2.55. The van der Waals surface area contributed by atoms with Crippen LogP contribution in [0.15, 0.2) is 0 Å². The molecular weight excluding hydrogens is 192 g/mol. The maximum Gasteiger partial charge on any atom is 0.321 e. The van der Waals surface area contributed by atoms with Gasteiger partial charge in [0.25, 0.3) is 0 Å². The molecule has 0 unspecified atom stereocenters. The van der Waals surface area contributed by atoms with E-state index in [1.807, 2.05) is 0 Å².